The van der Waals surface area contributed by atoms with Gasteiger partial charge in [-0.25, -0.2) is 23.1 Å². The van der Waals surface area contributed by atoms with Crippen molar-refractivity contribution in [2.45, 2.75) is 0 Å². The number of rotatable bonds is 4. The molecule has 126 valence electrons. The number of carbonyl (C=O) groups excluding carboxylic acids is 1. The van der Waals surface area contributed by atoms with Gasteiger partial charge in [0.05, 0.1) is 0 Å². The van der Waals surface area contributed by atoms with E-state index in [1.807, 2.05) is 0 Å². The highest BCUT2D eigenvalue weighted by Gasteiger charge is 2.10. The van der Waals surface area contributed by atoms with Gasteiger partial charge in [-0.1, -0.05) is 6.07 Å². The molecule has 8 heteroatoms. The lowest BCUT2D eigenvalue weighted by Gasteiger charge is -2.08. The van der Waals surface area contributed by atoms with Gasteiger partial charge in [0.25, 0.3) is 5.91 Å². The molecule has 0 aliphatic heterocycles. The molecule has 3 aromatic rings. The van der Waals surface area contributed by atoms with Gasteiger partial charge >= 0.3 is 0 Å². The molecule has 0 fully saturated rings. The first-order valence-electron chi connectivity index (χ1n) is 7.12. The van der Waals surface area contributed by atoms with Gasteiger partial charge in [-0.15, -0.1) is 0 Å². The normalized spacial score (nSPS) is 10.4. The fraction of sp³-hybridized carbons (Fsp3) is 0. The highest BCUT2D eigenvalue weighted by atomic mass is 19.2. The molecule has 1 aromatic heterocycles. The lowest BCUT2D eigenvalue weighted by molar-refractivity contribution is 0.102. The van der Waals surface area contributed by atoms with E-state index in [1.54, 1.807) is 0 Å². The van der Waals surface area contributed by atoms with Gasteiger partial charge in [0, 0.05) is 23.5 Å². The Hall–Kier alpha value is -3.42. The Balaban J connectivity index is 1.76. The number of nitrogens with zero attached hydrogens (tertiary/aromatic N) is 2. The van der Waals surface area contributed by atoms with Crippen molar-refractivity contribution >= 4 is 23.1 Å². The van der Waals surface area contributed by atoms with Crippen LogP contribution in [0.2, 0.25) is 0 Å². The quantitative estimate of drug-likeness (QED) is 0.753. The molecule has 0 spiro atoms. The molecule has 1 heterocycles. The minimum absolute atomic E-state index is 0.0179. The average Bonchev–Trinajstić information content (AvgIpc) is 2.58. The van der Waals surface area contributed by atoms with Crippen molar-refractivity contribution in [3.05, 3.63) is 78.0 Å². The van der Waals surface area contributed by atoms with E-state index in [2.05, 4.69) is 20.6 Å². The SMILES string of the molecule is O=C(Nc1cccc(F)c1)c1cc(Nc2ccc(F)c(F)c2)ncn1. The lowest BCUT2D eigenvalue weighted by Crippen LogP contribution is -2.14. The maximum atomic E-state index is 13.2. The molecule has 0 bridgehead atoms. The number of amides is 1. The fourth-order valence-electron chi connectivity index (χ4n) is 2.03. The van der Waals surface area contributed by atoms with Gasteiger partial charge in [0.1, 0.15) is 23.7 Å². The van der Waals surface area contributed by atoms with E-state index in [-0.39, 0.29) is 22.9 Å². The third-order valence-electron chi connectivity index (χ3n) is 3.17. The van der Waals surface area contributed by atoms with Crippen LogP contribution in [-0.4, -0.2) is 15.9 Å². The van der Waals surface area contributed by atoms with Crippen LogP contribution in [0.5, 0.6) is 0 Å². The van der Waals surface area contributed by atoms with Crippen molar-refractivity contribution in [2.24, 2.45) is 0 Å². The molecule has 25 heavy (non-hydrogen) atoms. The topological polar surface area (TPSA) is 66.9 Å². The summed E-state index contributed by atoms with van der Waals surface area (Å²) >= 11 is 0. The number of aromatic nitrogens is 2. The third kappa shape index (κ3) is 4.11. The van der Waals surface area contributed by atoms with E-state index < -0.39 is 23.4 Å². The van der Waals surface area contributed by atoms with Crippen LogP contribution in [0.3, 0.4) is 0 Å². The van der Waals surface area contributed by atoms with E-state index in [9.17, 15) is 18.0 Å². The number of halogens is 3. The van der Waals surface area contributed by atoms with Gasteiger partial charge < -0.3 is 10.6 Å². The van der Waals surface area contributed by atoms with Crippen molar-refractivity contribution < 1.29 is 18.0 Å². The molecule has 0 saturated heterocycles. The summed E-state index contributed by atoms with van der Waals surface area (Å²) in [5.41, 5.74) is 0.553. The first-order chi connectivity index (χ1) is 12.0. The molecule has 0 radical (unpaired) electrons. The largest absolute Gasteiger partial charge is 0.340 e. The van der Waals surface area contributed by atoms with Crippen molar-refractivity contribution in [3.63, 3.8) is 0 Å². The molecular weight excluding hydrogens is 333 g/mol. The van der Waals surface area contributed by atoms with Gasteiger partial charge in [0.2, 0.25) is 0 Å². The second-order valence-corrected chi connectivity index (χ2v) is 5.01. The number of benzene rings is 2. The van der Waals surface area contributed by atoms with Crippen molar-refractivity contribution in [1.82, 2.24) is 9.97 Å². The summed E-state index contributed by atoms with van der Waals surface area (Å²) in [5, 5.41) is 5.24. The molecule has 2 aromatic carbocycles. The molecule has 5 nitrogen and oxygen atoms in total. The van der Waals surface area contributed by atoms with Crippen LogP contribution in [-0.2, 0) is 0 Å². The van der Waals surface area contributed by atoms with Gasteiger partial charge in [-0.05, 0) is 30.3 Å². The summed E-state index contributed by atoms with van der Waals surface area (Å²) in [7, 11) is 0. The number of hydrogen-bond acceptors (Lipinski definition) is 4. The minimum Gasteiger partial charge on any atom is -0.340 e. The van der Waals surface area contributed by atoms with Crippen LogP contribution in [0.4, 0.5) is 30.4 Å². The van der Waals surface area contributed by atoms with E-state index >= 15 is 0 Å². The van der Waals surface area contributed by atoms with E-state index in [0.29, 0.717) is 0 Å². The summed E-state index contributed by atoms with van der Waals surface area (Å²) in [6.45, 7) is 0. The summed E-state index contributed by atoms with van der Waals surface area (Å²) in [6, 6.07) is 10.00. The highest BCUT2D eigenvalue weighted by Crippen LogP contribution is 2.18. The highest BCUT2D eigenvalue weighted by molar-refractivity contribution is 6.03. The Kier molecular flexibility index (Phi) is 4.60. The zero-order chi connectivity index (χ0) is 17.8. The molecule has 0 unspecified atom stereocenters. The van der Waals surface area contributed by atoms with Crippen LogP contribution in [0.25, 0.3) is 0 Å². The number of nitrogens with one attached hydrogen (secondary N) is 2. The van der Waals surface area contributed by atoms with Crippen molar-refractivity contribution in [2.75, 3.05) is 10.6 Å². The van der Waals surface area contributed by atoms with Crippen molar-refractivity contribution in [1.29, 1.82) is 0 Å². The second kappa shape index (κ2) is 7.00. The summed E-state index contributed by atoms with van der Waals surface area (Å²) in [5.74, 6) is -2.82. The average molecular weight is 344 g/mol. The number of anilines is 3. The van der Waals surface area contributed by atoms with Crippen LogP contribution in [0.15, 0.2) is 54.9 Å². The second-order valence-electron chi connectivity index (χ2n) is 5.01. The monoisotopic (exact) mass is 344 g/mol. The fourth-order valence-corrected chi connectivity index (χ4v) is 2.03. The standard InChI is InChI=1S/C17H11F3N4O/c18-10-2-1-3-11(6-10)24-17(25)15-8-16(22-9-21-15)23-12-4-5-13(19)14(20)7-12/h1-9H,(H,24,25)(H,21,22,23). The van der Waals surface area contributed by atoms with Crippen LogP contribution in [0, 0.1) is 17.5 Å². The third-order valence-corrected chi connectivity index (χ3v) is 3.17. The molecule has 1 amide bonds. The molecule has 0 aliphatic carbocycles. The maximum absolute atomic E-state index is 13.2. The van der Waals surface area contributed by atoms with E-state index in [1.165, 1.54) is 36.4 Å². The summed E-state index contributed by atoms with van der Waals surface area (Å²) in [6.07, 6.45) is 1.14. The van der Waals surface area contributed by atoms with E-state index in [0.717, 1.165) is 18.5 Å². The minimum atomic E-state index is -1.01. The zero-order valence-electron chi connectivity index (χ0n) is 12.6. The Morgan fingerprint density at radius 3 is 2.48 bits per heavy atom. The smallest absolute Gasteiger partial charge is 0.274 e. The van der Waals surface area contributed by atoms with Gasteiger partial charge in [-0.3, -0.25) is 4.79 Å². The first kappa shape index (κ1) is 16.4. The zero-order valence-corrected chi connectivity index (χ0v) is 12.6. The summed E-state index contributed by atoms with van der Waals surface area (Å²) in [4.78, 5) is 19.9. The van der Waals surface area contributed by atoms with Gasteiger partial charge in [0.15, 0.2) is 11.6 Å². The van der Waals surface area contributed by atoms with Crippen LogP contribution in [0.1, 0.15) is 10.5 Å². The number of carbonyl (C=O) groups is 1. The Bertz CT molecular complexity index is 933. The predicted molar refractivity (Wildman–Crippen MR) is 86.0 cm³/mol. The Morgan fingerprint density at radius 1 is 0.880 bits per heavy atom. The van der Waals surface area contributed by atoms with E-state index in [4.69, 9.17) is 0 Å². The Morgan fingerprint density at radius 2 is 1.72 bits per heavy atom. The maximum Gasteiger partial charge on any atom is 0.274 e. The van der Waals surface area contributed by atoms with Gasteiger partial charge in [-0.2, -0.15) is 0 Å². The molecule has 0 saturated carbocycles. The molecule has 2 N–H and O–H groups in total. The van der Waals surface area contributed by atoms with Crippen LogP contribution < -0.4 is 10.6 Å². The van der Waals surface area contributed by atoms with Crippen LogP contribution >= 0.6 is 0 Å². The molecule has 0 atom stereocenters. The number of hydrogen-bond donors (Lipinski definition) is 2. The molecule has 3 rings (SSSR count). The first-order valence-corrected chi connectivity index (χ1v) is 7.12. The van der Waals surface area contributed by atoms with Crippen molar-refractivity contribution in [3.8, 4) is 0 Å². The lowest BCUT2D eigenvalue weighted by atomic mass is 10.2. The molecular formula is C17H11F3N4O. The molecule has 0 aliphatic rings. The Labute approximate surface area is 140 Å². The summed E-state index contributed by atoms with van der Waals surface area (Å²) < 4.78 is 39.3. The predicted octanol–water partition coefficient (Wildman–Crippen LogP) is 3.89.